The molecule has 4 aliphatic rings. The Hall–Kier alpha value is -12.5. The number of rotatable bonds is 13. The summed E-state index contributed by atoms with van der Waals surface area (Å²) in [6, 6.07) is 36.0. The lowest BCUT2D eigenvalue weighted by atomic mass is 9.80. The third-order valence-corrected chi connectivity index (χ3v) is 23.0. The number of hydrogen-bond donors (Lipinski definition) is 7. The topological polar surface area (TPSA) is 360 Å². The van der Waals surface area contributed by atoms with Crippen LogP contribution in [0, 0.1) is 23.3 Å². The summed E-state index contributed by atoms with van der Waals surface area (Å²) in [5.41, 5.74) is 7.76. The summed E-state index contributed by atoms with van der Waals surface area (Å²) in [7, 11) is 4.07. The minimum Gasteiger partial charge on any atom is -0.444 e. The largest absolute Gasteiger partial charge is 0.488 e. The standard InChI is InChI=1S/C26H23ClFN5O.C22H27FN4O3.C17H19FN4O.C14H20ClN3O2.C9H5Cl2N.C8H9BFNO3/c1-29-26(34)20-6-3-18(14-21(20)28)25-24(30-10-11-31-25)17-8-12-33(13-9-17)23-7-4-16-2-5-19(27)15-22(16)32-23;1-22(2,3)30-21(29)27-11-7-14(8-12-27)18-19(26-10-9-25-18)15-5-6-16(17(23)13-15)20(28)24-4;1-19-17(23)13-3-2-12(10-14(13)18)16-15(21-8-9-22-16)11-4-6-20-7-5-11;1-14(2,3)20-13(19)18-8-4-10(5-9-18)11-12(15)17-7-6-16-11;10-7-3-1-6-2-4-9(11)12-8(6)5-7;1-11-8(12)6-3-2-5(9(13)14)4-7(6)10/h2-7,10-11,14-15,17H,8-9,12-13H2,1H3,(H,29,34);5-6,9-10,13-14H,7-8,11-12H2,1-4H3,(H,24,28);2-3,8-11,20H,4-7H2,1H3,(H,19,23);6-7,10H,4-5,8-9H2,1-3H3;1-5H;2-4,13-14H,1H3,(H,11,12). The summed E-state index contributed by atoms with van der Waals surface area (Å²) in [4.78, 5) is 120. The first kappa shape index (κ1) is 101. The summed E-state index contributed by atoms with van der Waals surface area (Å²) < 4.78 is 67.3. The molecular weight excluding hydrogens is 1790 g/mol. The molecule has 6 aromatic carbocycles. The molecule has 0 unspecified atom stereocenters. The van der Waals surface area contributed by atoms with E-state index in [1.807, 2.05) is 84.0 Å². The summed E-state index contributed by atoms with van der Waals surface area (Å²) in [6.07, 6.45) is 19.3. The van der Waals surface area contributed by atoms with E-state index < -0.39 is 65.2 Å². The van der Waals surface area contributed by atoms with Gasteiger partial charge in [-0.05, 0) is 209 Å². The van der Waals surface area contributed by atoms with E-state index >= 15 is 0 Å². The first-order valence-corrected chi connectivity index (χ1v) is 44.6. The van der Waals surface area contributed by atoms with Crippen LogP contribution in [0.15, 0.2) is 183 Å². The predicted octanol–water partition coefficient (Wildman–Crippen LogP) is 16.7. The van der Waals surface area contributed by atoms with Gasteiger partial charge in [0, 0.05) is 178 Å². The number of nitrogens with zero attached hydrogens (tertiary/aromatic N) is 13. The summed E-state index contributed by atoms with van der Waals surface area (Å²) in [6.45, 7) is 17.1. The van der Waals surface area contributed by atoms with Crippen molar-refractivity contribution in [3.8, 4) is 33.8 Å². The average Bonchev–Trinajstić information content (AvgIpc) is 0.745. The Kier molecular flexibility index (Phi) is 35.9. The van der Waals surface area contributed by atoms with E-state index in [2.05, 4.69) is 82.4 Å². The van der Waals surface area contributed by atoms with E-state index in [1.54, 1.807) is 89.7 Å². The number of nitrogens with one attached hydrogen (secondary N) is 5. The molecule has 37 heteroatoms. The van der Waals surface area contributed by atoms with Crippen molar-refractivity contribution in [3.63, 3.8) is 0 Å². The molecule has 696 valence electrons. The maximum atomic E-state index is 14.6. The third-order valence-electron chi connectivity index (χ3n) is 22.0. The lowest BCUT2D eigenvalue weighted by Crippen LogP contribution is -2.41. The second-order valence-electron chi connectivity index (χ2n) is 33.4. The SMILES string of the molecule is CC(C)(C)OC(=O)N1CCC(c2nccnc2Cl)CC1.CNC(=O)c1ccc(-c2nccnc2C2CCN(C(=O)OC(C)(C)C)CC2)cc1F.CNC(=O)c1ccc(-c2nccnc2C2CCN(c3ccc4ccc(Cl)cc4n3)CC2)cc1F.CNC(=O)c1ccc(-c2nccnc2C2CCNCC2)cc1F.CNC(=O)c1ccc(B(O)O)cc1F.Clc1ccc2ccc(Cl)nc2c1. The number of likely N-dealkylation sites (tertiary alicyclic amines) is 2. The van der Waals surface area contributed by atoms with Crippen LogP contribution in [0.25, 0.3) is 55.6 Å². The molecule has 12 aromatic rings. The van der Waals surface area contributed by atoms with Crippen LogP contribution in [0.2, 0.25) is 20.4 Å². The van der Waals surface area contributed by atoms with Crippen molar-refractivity contribution in [2.75, 3.05) is 85.4 Å². The number of pyridine rings is 2. The zero-order chi connectivity index (χ0) is 95.8. The van der Waals surface area contributed by atoms with Crippen molar-refractivity contribution >= 4 is 122 Å². The third kappa shape index (κ3) is 27.8. The molecule has 4 aliphatic heterocycles. The normalized spacial score (nSPS) is 14.3. The smallest absolute Gasteiger partial charge is 0.444 e. The fraction of sp³-hybridized carbons (Fsp3) is 0.333. The molecule has 0 spiro atoms. The molecule has 7 N–H and O–H groups in total. The molecule has 0 radical (unpaired) electrons. The molecule has 0 bridgehead atoms. The Bertz CT molecular complexity index is 6060. The van der Waals surface area contributed by atoms with Gasteiger partial charge in [0.15, 0.2) is 5.15 Å². The molecule has 16 rings (SSSR count). The van der Waals surface area contributed by atoms with Crippen molar-refractivity contribution < 1.29 is 65.9 Å². The number of piperidine rings is 4. The van der Waals surface area contributed by atoms with Crippen molar-refractivity contribution in [1.82, 2.24) is 86.2 Å². The molecule has 6 amide bonds. The Balaban J connectivity index is 0.000000159. The zero-order valence-electron chi connectivity index (χ0n) is 75.0. The second kappa shape index (κ2) is 47.2. The van der Waals surface area contributed by atoms with Gasteiger partial charge in [0.25, 0.3) is 23.6 Å². The number of amides is 6. The number of fused-ring (bicyclic) bond motifs is 2. The van der Waals surface area contributed by atoms with Crippen LogP contribution in [0.5, 0.6) is 0 Å². The zero-order valence-corrected chi connectivity index (χ0v) is 78.0. The minimum atomic E-state index is -1.73. The van der Waals surface area contributed by atoms with Crippen LogP contribution in [0.4, 0.5) is 33.0 Å². The van der Waals surface area contributed by atoms with Gasteiger partial charge in [0.2, 0.25) is 0 Å². The van der Waals surface area contributed by atoms with Crippen molar-refractivity contribution in [2.24, 2.45) is 0 Å². The fourth-order valence-corrected chi connectivity index (χ4v) is 16.0. The number of aromatic nitrogens is 10. The van der Waals surface area contributed by atoms with Gasteiger partial charge in [-0.2, -0.15) is 0 Å². The fourth-order valence-electron chi connectivity index (χ4n) is 15.3. The van der Waals surface area contributed by atoms with Crippen LogP contribution in [-0.4, -0.2) is 204 Å². The molecule has 0 atom stereocenters. The molecule has 28 nitrogen and oxygen atoms in total. The van der Waals surface area contributed by atoms with Gasteiger partial charge in [0.05, 0.1) is 73.1 Å². The van der Waals surface area contributed by atoms with E-state index in [-0.39, 0.29) is 57.7 Å². The summed E-state index contributed by atoms with van der Waals surface area (Å²) in [5.74, 6) is -2.66. The van der Waals surface area contributed by atoms with Gasteiger partial charge in [-0.1, -0.05) is 82.8 Å². The van der Waals surface area contributed by atoms with Gasteiger partial charge in [0.1, 0.15) is 45.4 Å². The molecule has 10 heterocycles. The Morgan fingerprint density at radius 3 is 1.10 bits per heavy atom. The highest BCUT2D eigenvalue weighted by Crippen LogP contribution is 2.39. The van der Waals surface area contributed by atoms with Crippen LogP contribution in [-0.2, 0) is 9.47 Å². The molecule has 133 heavy (non-hydrogen) atoms. The van der Waals surface area contributed by atoms with Gasteiger partial charge >= 0.3 is 19.3 Å². The van der Waals surface area contributed by atoms with Crippen LogP contribution in [0.1, 0.15) is 181 Å². The monoisotopic (exact) mass is 1890 g/mol. The Morgan fingerprint density at radius 1 is 0.398 bits per heavy atom. The predicted molar refractivity (Wildman–Crippen MR) is 506 cm³/mol. The highest BCUT2D eigenvalue weighted by molar-refractivity contribution is 6.58. The molecule has 6 aromatic heterocycles. The van der Waals surface area contributed by atoms with E-state index in [4.69, 9.17) is 70.9 Å². The lowest BCUT2D eigenvalue weighted by molar-refractivity contribution is 0.0193. The lowest BCUT2D eigenvalue weighted by Gasteiger charge is -2.33. The van der Waals surface area contributed by atoms with E-state index in [0.29, 0.717) is 99.1 Å². The van der Waals surface area contributed by atoms with Gasteiger partial charge in [-0.3, -0.25) is 54.1 Å². The number of benzene rings is 6. The Morgan fingerprint density at radius 2 is 0.729 bits per heavy atom. The number of hydrogen-bond acceptors (Lipinski definition) is 22. The van der Waals surface area contributed by atoms with Crippen molar-refractivity contribution in [3.05, 3.63) is 272 Å². The molecule has 4 fully saturated rings. The number of anilines is 1. The number of carbonyl (C=O) groups is 6. The molecule has 0 aliphatic carbocycles. The quantitative estimate of drug-likeness (QED) is 0.0320. The maximum absolute atomic E-state index is 14.6. The first-order chi connectivity index (χ1) is 63.6. The first-order valence-electron chi connectivity index (χ1n) is 43.1. The highest BCUT2D eigenvalue weighted by atomic mass is 35.5. The summed E-state index contributed by atoms with van der Waals surface area (Å²) in [5, 5.41) is 34.7. The molecule has 4 saturated heterocycles. The van der Waals surface area contributed by atoms with Crippen LogP contribution < -0.4 is 36.9 Å². The van der Waals surface area contributed by atoms with Crippen LogP contribution >= 0.6 is 46.4 Å². The van der Waals surface area contributed by atoms with Crippen molar-refractivity contribution in [1.29, 1.82) is 0 Å². The highest BCUT2D eigenvalue weighted by Gasteiger charge is 2.34. The minimum absolute atomic E-state index is 0.00849. The number of carbonyl (C=O) groups excluding carboxylic acids is 6. The van der Waals surface area contributed by atoms with E-state index in [9.17, 15) is 46.3 Å². The number of halogens is 8. The van der Waals surface area contributed by atoms with Gasteiger partial charge in [-0.25, -0.2) is 42.1 Å². The molecular formula is C96H103BCl4F4N18O10. The van der Waals surface area contributed by atoms with Gasteiger partial charge < -0.3 is 60.8 Å². The number of ether oxygens (including phenoxy) is 2. The van der Waals surface area contributed by atoms with Crippen LogP contribution in [0.3, 0.4) is 0 Å². The average molecular weight is 1900 g/mol. The second-order valence-corrected chi connectivity index (χ2v) is 35.0. The summed E-state index contributed by atoms with van der Waals surface area (Å²) >= 11 is 23.7. The van der Waals surface area contributed by atoms with Gasteiger partial charge in [-0.15, -0.1) is 0 Å². The van der Waals surface area contributed by atoms with E-state index in [1.165, 1.54) is 76.7 Å². The van der Waals surface area contributed by atoms with Crippen molar-refractivity contribution in [2.45, 2.75) is 128 Å². The Labute approximate surface area is 788 Å². The molecule has 0 saturated carbocycles. The maximum Gasteiger partial charge on any atom is 0.488 e. The van der Waals surface area contributed by atoms with E-state index in [0.717, 1.165) is 121 Å².